The van der Waals surface area contributed by atoms with Gasteiger partial charge in [-0.15, -0.1) is 11.3 Å². The number of aromatic nitrogens is 2. The molecule has 0 radical (unpaired) electrons. The molecular weight excluding hydrogens is 318 g/mol. The molecule has 126 valence electrons. The van der Waals surface area contributed by atoms with Crippen molar-refractivity contribution < 1.29 is 4.74 Å². The molecule has 0 fully saturated rings. The molecule has 0 amide bonds. The Labute approximate surface area is 146 Å². The van der Waals surface area contributed by atoms with Gasteiger partial charge in [0.25, 0.3) is 0 Å². The molecule has 0 aliphatic heterocycles. The minimum atomic E-state index is 0.752. The molecule has 0 saturated heterocycles. The number of hydrogen-bond donors (Lipinski definition) is 1. The molecule has 0 unspecified atom stereocenters. The lowest BCUT2D eigenvalue weighted by molar-refractivity contribution is 0.198. The molecule has 5 heteroatoms. The Hall–Kier alpha value is -1.98. The van der Waals surface area contributed by atoms with Crippen molar-refractivity contribution in [2.75, 3.05) is 25.6 Å². The van der Waals surface area contributed by atoms with Gasteiger partial charge in [0.1, 0.15) is 16.5 Å². The van der Waals surface area contributed by atoms with Crippen LogP contribution < -0.4 is 5.32 Å². The van der Waals surface area contributed by atoms with Gasteiger partial charge in [-0.1, -0.05) is 37.3 Å². The SMILES string of the molecule is CCc1cc2c(NCCCOC)nc(Cc3ccccc3)nc2s1. The normalized spacial score (nSPS) is 11.1. The van der Waals surface area contributed by atoms with E-state index in [1.165, 1.54) is 10.4 Å². The van der Waals surface area contributed by atoms with E-state index in [2.05, 4.69) is 42.6 Å². The smallest absolute Gasteiger partial charge is 0.138 e. The Morgan fingerprint density at radius 2 is 2.00 bits per heavy atom. The highest BCUT2D eigenvalue weighted by molar-refractivity contribution is 7.18. The van der Waals surface area contributed by atoms with E-state index in [1.54, 1.807) is 18.4 Å². The molecule has 2 aromatic heterocycles. The van der Waals surface area contributed by atoms with Crippen molar-refractivity contribution in [3.05, 3.63) is 52.7 Å². The van der Waals surface area contributed by atoms with Crippen LogP contribution in [-0.4, -0.2) is 30.2 Å². The number of benzene rings is 1. The van der Waals surface area contributed by atoms with Crippen LogP contribution in [0.5, 0.6) is 0 Å². The maximum atomic E-state index is 5.12. The lowest BCUT2D eigenvalue weighted by Crippen LogP contribution is -2.08. The van der Waals surface area contributed by atoms with E-state index in [1.807, 2.05) is 6.07 Å². The van der Waals surface area contributed by atoms with Gasteiger partial charge in [0, 0.05) is 31.6 Å². The predicted octanol–water partition coefficient (Wildman–Crippen LogP) is 4.29. The van der Waals surface area contributed by atoms with Gasteiger partial charge in [-0.25, -0.2) is 9.97 Å². The second kappa shape index (κ2) is 8.22. The summed E-state index contributed by atoms with van der Waals surface area (Å²) in [5.41, 5.74) is 1.23. The number of fused-ring (bicyclic) bond motifs is 1. The predicted molar refractivity (Wildman–Crippen MR) is 101 cm³/mol. The maximum absolute atomic E-state index is 5.12. The monoisotopic (exact) mass is 341 g/mol. The van der Waals surface area contributed by atoms with Crippen molar-refractivity contribution in [3.8, 4) is 0 Å². The van der Waals surface area contributed by atoms with E-state index >= 15 is 0 Å². The van der Waals surface area contributed by atoms with Gasteiger partial charge in [-0.3, -0.25) is 0 Å². The second-order valence-electron chi connectivity index (χ2n) is 5.71. The van der Waals surface area contributed by atoms with E-state index in [0.717, 1.165) is 54.3 Å². The molecule has 4 nitrogen and oxygen atoms in total. The van der Waals surface area contributed by atoms with Gasteiger partial charge in [0.15, 0.2) is 0 Å². The Morgan fingerprint density at radius 3 is 2.75 bits per heavy atom. The van der Waals surface area contributed by atoms with Gasteiger partial charge in [-0.05, 0) is 24.5 Å². The number of nitrogens with one attached hydrogen (secondary N) is 1. The summed E-state index contributed by atoms with van der Waals surface area (Å²) in [7, 11) is 1.73. The van der Waals surface area contributed by atoms with Gasteiger partial charge < -0.3 is 10.1 Å². The first kappa shape index (κ1) is 16.9. The number of thiophene rings is 1. The van der Waals surface area contributed by atoms with E-state index in [-0.39, 0.29) is 0 Å². The Bertz CT molecular complexity index is 786. The van der Waals surface area contributed by atoms with Gasteiger partial charge in [0.2, 0.25) is 0 Å². The van der Waals surface area contributed by atoms with Crippen LogP contribution in [0.25, 0.3) is 10.2 Å². The van der Waals surface area contributed by atoms with Crippen LogP contribution >= 0.6 is 11.3 Å². The highest BCUT2D eigenvalue weighted by Gasteiger charge is 2.11. The van der Waals surface area contributed by atoms with Crippen LogP contribution in [-0.2, 0) is 17.6 Å². The zero-order valence-corrected chi connectivity index (χ0v) is 15.0. The molecular formula is C19H23N3OS. The molecule has 0 bridgehead atoms. The summed E-state index contributed by atoms with van der Waals surface area (Å²) in [6, 6.07) is 12.6. The van der Waals surface area contributed by atoms with E-state index < -0.39 is 0 Å². The number of aryl methyl sites for hydroxylation is 1. The molecule has 0 spiro atoms. The highest BCUT2D eigenvalue weighted by atomic mass is 32.1. The van der Waals surface area contributed by atoms with E-state index in [9.17, 15) is 0 Å². The number of nitrogens with zero attached hydrogens (tertiary/aromatic N) is 2. The Morgan fingerprint density at radius 1 is 1.17 bits per heavy atom. The molecule has 3 rings (SSSR count). The fourth-order valence-electron chi connectivity index (χ4n) is 2.61. The topological polar surface area (TPSA) is 47.0 Å². The number of hydrogen-bond acceptors (Lipinski definition) is 5. The summed E-state index contributed by atoms with van der Waals surface area (Å²) in [5.74, 6) is 1.81. The molecule has 2 heterocycles. The average molecular weight is 341 g/mol. The van der Waals surface area contributed by atoms with Gasteiger partial charge >= 0.3 is 0 Å². The minimum Gasteiger partial charge on any atom is -0.385 e. The molecule has 1 N–H and O–H groups in total. The van der Waals surface area contributed by atoms with Crippen molar-refractivity contribution in [1.29, 1.82) is 0 Å². The molecule has 1 aromatic carbocycles. The van der Waals surface area contributed by atoms with Gasteiger partial charge in [-0.2, -0.15) is 0 Å². The van der Waals surface area contributed by atoms with E-state index in [4.69, 9.17) is 14.7 Å². The summed E-state index contributed by atoms with van der Waals surface area (Å²) in [4.78, 5) is 12.0. The first-order valence-electron chi connectivity index (χ1n) is 8.36. The third kappa shape index (κ3) is 4.10. The average Bonchev–Trinajstić information content (AvgIpc) is 3.03. The van der Waals surface area contributed by atoms with Crippen molar-refractivity contribution in [1.82, 2.24) is 9.97 Å². The van der Waals surface area contributed by atoms with Crippen molar-refractivity contribution in [3.63, 3.8) is 0 Å². The minimum absolute atomic E-state index is 0.752. The third-order valence-electron chi connectivity index (χ3n) is 3.86. The first-order valence-corrected chi connectivity index (χ1v) is 9.18. The standard InChI is InChI=1S/C19H23N3OS/c1-3-15-13-16-18(20-10-7-11-23-2)21-17(22-19(16)24-15)12-14-8-5-4-6-9-14/h4-6,8-9,13H,3,7,10-12H2,1-2H3,(H,20,21,22). The molecule has 0 aliphatic carbocycles. The van der Waals surface area contributed by atoms with Crippen LogP contribution in [0.2, 0.25) is 0 Å². The van der Waals surface area contributed by atoms with Crippen LogP contribution in [0, 0.1) is 0 Å². The van der Waals surface area contributed by atoms with Crippen molar-refractivity contribution >= 4 is 27.4 Å². The second-order valence-corrected chi connectivity index (χ2v) is 6.82. The number of rotatable bonds is 8. The van der Waals surface area contributed by atoms with Crippen LogP contribution in [0.3, 0.4) is 0 Å². The molecule has 0 saturated carbocycles. The molecule has 24 heavy (non-hydrogen) atoms. The summed E-state index contributed by atoms with van der Waals surface area (Å²) >= 11 is 1.76. The van der Waals surface area contributed by atoms with Gasteiger partial charge in [0.05, 0.1) is 5.39 Å². The lowest BCUT2D eigenvalue weighted by atomic mass is 10.1. The molecule has 0 atom stereocenters. The lowest BCUT2D eigenvalue weighted by Gasteiger charge is -2.09. The first-order chi connectivity index (χ1) is 11.8. The fraction of sp³-hybridized carbons (Fsp3) is 0.368. The maximum Gasteiger partial charge on any atom is 0.138 e. The Kier molecular flexibility index (Phi) is 5.77. The largest absolute Gasteiger partial charge is 0.385 e. The van der Waals surface area contributed by atoms with Crippen LogP contribution in [0.4, 0.5) is 5.82 Å². The third-order valence-corrected chi connectivity index (χ3v) is 5.03. The van der Waals surface area contributed by atoms with Crippen LogP contribution in [0.1, 0.15) is 29.6 Å². The quantitative estimate of drug-likeness (QED) is 0.621. The fourth-order valence-corrected chi connectivity index (χ4v) is 3.59. The van der Waals surface area contributed by atoms with Crippen molar-refractivity contribution in [2.45, 2.75) is 26.2 Å². The summed E-state index contributed by atoms with van der Waals surface area (Å²) < 4.78 is 5.12. The zero-order chi connectivity index (χ0) is 16.8. The zero-order valence-electron chi connectivity index (χ0n) is 14.2. The number of anilines is 1. The van der Waals surface area contributed by atoms with Crippen molar-refractivity contribution in [2.24, 2.45) is 0 Å². The number of methoxy groups -OCH3 is 1. The summed E-state index contributed by atoms with van der Waals surface area (Å²) in [5, 5.41) is 4.59. The highest BCUT2D eigenvalue weighted by Crippen LogP contribution is 2.29. The van der Waals surface area contributed by atoms with Crippen LogP contribution in [0.15, 0.2) is 36.4 Å². The van der Waals surface area contributed by atoms with E-state index in [0.29, 0.717) is 0 Å². The molecule has 3 aromatic rings. The number of ether oxygens (including phenoxy) is 1. The summed E-state index contributed by atoms with van der Waals surface area (Å²) in [6.07, 6.45) is 2.74. The summed E-state index contributed by atoms with van der Waals surface area (Å²) in [6.45, 7) is 3.78. The Balaban J connectivity index is 1.88. The molecule has 0 aliphatic rings.